The Labute approximate surface area is 204 Å². The smallest absolute Gasteiger partial charge is 0.160 e. The summed E-state index contributed by atoms with van der Waals surface area (Å²) >= 11 is 1.91. The van der Waals surface area contributed by atoms with Gasteiger partial charge in [-0.1, -0.05) is 54.6 Å². The minimum atomic E-state index is 0.956. The van der Waals surface area contributed by atoms with E-state index in [9.17, 15) is 0 Å². The minimum absolute atomic E-state index is 0.956. The summed E-state index contributed by atoms with van der Waals surface area (Å²) in [6.45, 7) is 0. The molecule has 0 amide bonds. The number of hydrogen-bond acceptors (Lipinski definition) is 2. The SMILES string of the molecule is c1ccc(-n2c3c4oc5ccccc5c4cc4c3c3c(cc5c6ccccc6sc5c32)CC4)cc1. The maximum Gasteiger partial charge on any atom is 0.160 e. The van der Waals surface area contributed by atoms with Gasteiger partial charge in [0, 0.05) is 42.7 Å². The Kier molecular flexibility index (Phi) is 3.30. The highest BCUT2D eigenvalue weighted by molar-refractivity contribution is 7.26. The molecule has 3 aromatic heterocycles. The molecule has 3 heteroatoms. The van der Waals surface area contributed by atoms with Gasteiger partial charge in [-0.15, -0.1) is 11.3 Å². The zero-order valence-electron chi connectivity index (χ0n) is 18.8. The molecule has 9 rings (SSSR count). The van der Waals surface area contributed by atoms with Crippen LogP contribution in [-0.2, 0) is 12.8 Å². The van der Waals surface area contributed by atoms with E-state index in [2.05, 4.69) is 95.6 Å². The number of aryl methyl sites for hydroxylation is 2. The van der Waals surface area contributed by atoms with Crippen molar-refractivity contribution in [2.45, 2.75) is 12.8 Å². The van der Waals surface area contributed by atoms with Gasteiger partial charge >= 0.3 is 0 Å². The van der Waals surface area contributed by atoms with E-state index in [4.69, 9.17) is 4.42 Å². The van der Waals surface area contributed by atoms with Gasteiger partial charge in [-0.25, -0.2) is 0 Å². The summed E-state index contributed by atoms with van der Waals surface area (Å²) in [5.74, 6) is 0. The first-order chi connectivity index (χ1) is 17.4. The molecule has 0 fully saturated rings. The minimum Gasteiger partial charge on any atom is -0.454 e. The number of thiophene rings is 1. The second-order valence-electron chi connectivity index (χ2n) is 9.64. The zero-order chi connectivity index (χ0) is 22.7. The molecule has 3 heterocycles. The summed E-state index contributed by atoms with van der Waals surface area (Å²) in [5, 5.41) is 7.93. The summed E-state index contributed by atoms with van der Waals surface area (Å²) in [4.78, 5) is 0. The fourth-order valence-corrected chi connectivity index (χ4v) is 7.61. The van der Waals surface area contributed by atoms with E-state index >= 15 is 0 Å². The predicted octanol–water partition coefficient (Wildman–Crippen LogP) is 9.15. The lowest BCUT2D eigenvalue weighted by Crippen LogP contribution is -1.98. The number of fused-ring (bicyclic) bond motifs is 8. The second kappa shape index (κ2) is 6.32. The molecule has 0 bridgehead atoms. The van der Waals surface area contributed by atoms with Gasteiger partial charge in [-0.05, 0) is 60.4 Å². The van der Waals surface area contributed by atoms with Crippen molar-refractivity contribution in [2.24, 2.45) is 0 Å². The molecule has 0 radical (unpaired) electrons. The Morgan fingerprint density at radius 1 is 0.629 bits per heavy atom. The van der Waals surface area contributed by atoms with Gasteiger partial charge in [0.2, 0.25) is 0 Å². The van der Waals surface area contributed by atoms with Crippen molar-refractivity contribution >= 4 is 75.3 Å². The number of aromatic nitrogens is 1. The number of hydrogen-bond donors (Lipinski definition) is 0. The maximum atomic E-state index is 6.63. The van der Waals surface area contributed by atoms with Crippen molar-refractivity contribution in [3.8, 4) is 5.69 Å². The van der Waals surface area contributed by atoms with Crippen molar-refractivity contribution in [3.63, 3.8) is 0 Å². The highest BCUT2D eigenvalue weighted by Gasteiger charge is 2.28. The van der Waals surface area contributed by atoms with Gasteiger partial charge in [-0.2, -0.15) is 0 Å². The lowest BCUT2D eigenvalue weighted by atomic mass is 9.89. The summed E-state index contributed by atoms with van der Waals surface area (Å²) in [6, 6.07) is 33.0. The van der Waals surface area contributed by atoms with Crippen LogP contribution < -0.4 is 0 Å². The summed E-state index contributed by atoms with van der Waals surface area (Å²) in [6.07, 6.45) is 2.12. The standard InChI is InChI=1S/C32H19NOS/c1-2-8-20(9-3-1)33-29-27-18(16-23-21-10-4-6-12-25(21)34-31(23)29)14-15-19-17-24-22-11-5-7-13-26(22)35-32(24)30(33)28(19)27/h1-13,16-17H,14-15H2. The molecule has 0 spiro atoms. The normalized spacial score (nSPS) is 13.5. The Morgan fingerprint density at radius 3 is 2.17 bits per heavy atom. The molecule has 0 saturated carbocycles. The van der Waals surface area contributed by atoms with Crippen LogP contribution in [0.5, 0.6) is 0 Å². The third-order valence-corrected chi connectivity index (χ3v) is 9.02. The average molecular weight is 466 g/mol. The molecule has 164 valence electrons. The third kappa shape index (κ3) is 2.20. The first kappa shape index (κ1) is 18.3. The fraction of sp³-hybridized carbons (Fsp3) is 0.0625. The molecule has 0 unspecified atom stereocenters. The van der Waals surface area contributed by atoms with E-state index in [0.717, 1.165) is 24.0 Å². The molecule has 0 saturated heterocycles. The Hall–Kier alpha value is -4.08. The molecule has 2 nitrogen and oxygen atoms in total. The van der Waals surface area contributed by atoms with Gasteiger partial charge in [-0.3, -0.25) is 0 Å². The van der Waals surface area contributed by atoms with Crippen LogP contribution in [-0.4, -0.2) is 4.57 Å². The van der Waals surface area contributed by atoms with Crippen LogP contribution in [0.15, 0.2) is 95.4 Å². The van der Waals surface area contributed by atoms with Crippen LogP contribution in [0.1, 0.15) is 11.1 Å². The van der Waals surface area contributed by atoms with Crippen molar-refractivity contribution in [3.05, 3.63) is 102 Å². The molecule has 0 atom stereocenters. The van der Waals surface area contributed by atoms with Gasteiger partial charge in [0.05, 0.1) is 15.7 Å². The van der Waals surface area contributed by atoms with Crippen LogP contribution in [0, 0.1) is 0 Å². The van der Waals surface area contributed by atoms with E-state index < -0.39 is 0 Å². The summed E-state index contributed by atoms with van der Waals surface area (Å²) < 4.78 is 11.8. The van der Waals surface area contributed by atoms with Gasteiger partial charge in [0.25, 0.3) is 0 Å². The number of rotatable bonds is 1. The van der Waals surface area contributed by atoms with Crippen molar-refractivity contribution in [1.29, 1.82) is 0 Å². The lowest BCUT2D eigenvalue weighted by molar-refractivity contribution is 0.671. The number of benzene rings is 5. The van der Waals surface area contributed by atoms with Crippen molar-refractivity contribution in [1.82, 2.24) is 4.57 Å². The molecule has 35 heavy (non-hydrogen) atoms. The summed E-state index contributed by atoms with van der Waals surface area (Å²) in [7, 11) is 0. The Morgan fingerprint density at radius 2 is 1.31 bits per heavy atom. The molecule has 1 aliphatic carbocycles. The van der Waals surface area contributed by atoms with E-state index in [1.807, 2.05) is 11.3 Å². The third-order valence-electron chi connectivity index (χ3n) is 7.83. The Balaban J connectivity index is 1.65. The first-order valence-corrected chi connectivity index (χ1v) is 13.0. The maximum absolute atomic E-state index is 6.63. The van der Waals surface area contributed by atoms with Gasteiger partial charge in [0.1, 0.15) is 5.58 Å². The monoisotopic (exact) mass is 465 g/mol. The lowest BCUT2D eigenvalue weighted by Gasteiger charge is -2.14. The highest BCUT2D eigenvalue weighted by atomic mass is 32.1. The van der Waals surface area contributed by atoms with Crippen molar-refractivity contribution in [2.75, 3.05) is 0 Å². The number of para-hydroxylation sites is 2. The van der Waals surface area contributed by atoms with Gasteiger partial charge < -0.3 is 8.98 Å². The molecule has 8 aromatic rings. The number of furan rings is 1. The molecular formula is C32H19NOS. The summed E-state index contributed by atoms with van der Waals surface area (Å²) in [5.41, 5.74) is 8.56. The second-order valence-corrected chi connectivity index (χ2v) is 10.7. The van der Waals surface area contributed by atoms with E-state index in [1.165, 1.54) is 69.6 Å². The molecule has 1 aliphatic rings. The predicted molar refractivity (Wildman–Crippen MR) is 148 cm³/mol. The zero-order valence-corrected chi connectivity index (χ0v) is 19.7. The average Bonchev–Trinajstić information content (AvgIpc) is 3.58. The Bertz CT molecular complexity index is 2020. The largest absolute Gasteiger partial charge is 0.454 e. The molecular weight excluding hydrogens is 446 g/mol. The van der Waals surface area contributed by atoms with Crippen LogP contribution in [0.25, 0.3) is 69.6 Å². The van der Waals surface area contributed by atoms with Crippen molar-refractivity contribution < 1.29 is 4.42 Å². The molecule has 0 aliphatic heterocycles. The van der Waals surface area contributed by atoms with Crippen LogP contribution in [0.4, 0.5) is 0 Å². The number of nitrogens with zero attached hydrogens (tertiary/aromatic N) is 1. The molecule has 5 aromatic carbocycles. The first-order valence-electron chi connectivity index (χ1n) is 12.2. The van der Waals surface area contributed by atoms with Gasteiger partial charge in [0.15, 0.2) is 5.58 Å². The quantitative estimate of drug-likeness (QED) is 0.236. The van der Waals surface area contributed by atoms with E-state index in [-0.39, 0.29) is 0 Å². The van der Waals surface area contributed by atoms with E-state index in [0.29, 0.717) is 0 Å². The van der Waals surface area contributed by atoms with E-state index in [1.54, 1.807) is 0 Å². The fourth-order valence-electron chi connectivity index (χ4n) is 6.39. The van der Waals surface area contributed by atoms with Crippen LogP contribution in [0.3, 0.4) is 0 Å². The van der Waals surface area contributed by atoms with Crippen LogP contribution in [0.2, 0.25) is 0 Å². The molecule has 0 N–H and O–H groups in total. The highest BCUT2D eigenvalue weighted by Crippen LogP contribution is 2.49. The van der Waals surface area contributed by atoms with Crippen LogP contribution >= 0.6 is 11.3 Å². The topological polar surface area (TPSA) is 18.1 Å².